The molecule has 2 aromatic rings. The molecule has 3 rings (SSSR count). The summed E-state index contributed by atoms with van der Waals surface area (Å²) < 4.78 is 10.5. The molecule has 2 aromatic carbocycles. The van der Waals surface area contributed by atoms with Crippen LogP contribution >= 0.6 is 0 Å². The topological polar surface area (TPSA) is 81.9 Å². The van der Waals surface area contributed by atoms with E-state index in [9.17, 15) is 14.9 Å². The van der Waals surface area contributed by atoms with Crippen molar-refractivity contribution in [1.82, 2.24) is 4.90 Å². The molecule has 2 atom stereocenters. The minimum Gasteiger partial charge on any atom is -0.493 e. The Morgan fingerprint density at radius 3 is 2.46 bits per heavy atom. The number of ether oxygens (including phenoxy) is 2. The minimum atomic E-state index is -0.855. The SMILES string of the molecule is COc1ccc([C@@H]2CC(=O)N(CCc3ccccc3)C[C@H]2[N+](=O)[O-])cc1OC. The van der Waals surface area contributed by atoms with E-state index in [2.05, 4.69) is 0 Å². The van der Waals surface area contributed by atoms with Gasteiger partial charge in [-0.15, -0.1) is 0 Å². The maximum Gasteiger partial charge on any atom is 0.237 e. The fourth-order valence-electron chi connectivity index (χ4n) is 3.67. The highest BCUT2D eigenvalue weighted by molar-refractivity contribution is 5.78. The number of benzene rings is 2. The van der Waals surface area contributed by atoms with E-state index in [0.29, 0.717) is 24.5 Å². The number of piperidine rings is 1. The molecule has 1 saturated heterocycles. The second-order valence-corrected chi connectivity index (χ2v) is 6.85. The van der Waals surface area contributed by atoms with Gasteiger partial charge in [0.25, 0.3) is 0 Å². The number of hydrogen-bond acceptors (Lipinski definition) is 5. The maximum absolute atomic E-state index is 12.7. The second-order valence-electron chi connectivity index (χ2n) is 6.85. The van der Waals surface area contributed by atoms with Gasteiger partial charge in [-0.1, -0.05) is 36.4 Å². The zero-order valence-corrected chi connectivity index (χ0v) is 16.0. The van der Waals surface area contributed by atoms with E-state index in [4.69, 9.17) is 9.47 Å². The first-order valence-corrected chi connectivity index (χ1v) is 9.20. The van der Waals surface area contributed by atoms with Crippen LogP contribution in [0.1, 0.15) is 23.5 Å². The molecule has 0 radical (unpaired) electrons. The third kappa shape index (κ3) is 4.24. The zero-order chi connectivity index (χ0) is 20.1. The molecule has 1 fully saturated rings. The molecule has 7 nitrogen and oxygen atoms in total. The summed E-state index contributed by atoms with van der Waals surface area (Å²) in [4.78, 5) is 25.8. The number of methoxy groups -OCH3 is 2. The Kier molecular flexibility index (Phi) is 6.13. The fourth-order valence-corrected chi connectivity index (χ4v) is 3.67. The molecule has 1 aliphatic heterocycles. The number of carbonyl (C=O) groups is 1. The van der Waals surface area contributed by atoms with E-state index < -0.39 is 12.0 Å². The van der Waals surface area contributed by atoms with Crippen LogP contribution in [0.3, 0.4) is 0 Å². The van der Waals surface area contributed by atoms with E-state index in [1.807, 2.05) is 30.3 Å². The Morgan fingerprint density at radius 2 is 1.82 bits per heavy atom. The zero-order valence-electron chi connectivity index (χ0n) is 16.0. The Bertz CT molecular complexity index is 840. The van der Waals surface area contributed by atoms with Gasteiger partial charge in [0.2, 0.25) is 11.9 Å². The molecule has 28 heavy (non-hydrogen) atoms. The summed E-state index contributed by atoms with van der Waals surface area (Å²) >= 11 is 0. The molecule has 1 heterocycles. The lowest BCUT2D eigenvalue weighted by Crippen LogP contribution is -2.50. The highest BCUT2D eigenvalue weighted by atomic mass is 16.6. The van der Waals surface area contributed by atoms with Crippen LogP contribution in [0, 0.1) is 10.1 Å². The van der Waals surface area contributed by atoms with E-state index in [1.54, 1.807) is 23.1 Å². The number of nitro groups is 1. The van der Waals surface area contributed by atoms with Crippen LogP contribution in [0.4, 0.5) is 0 Å². The van der Waals surface area contributed by atoms with Gasteiger partial charge >= 0.3 is 0 Å². The lowest BCUT2D eigenvalue weighted by molar-refractivity contribution is -0.528. The van der Waals surface area contributed by atoms with Crippen molar-refractivity contribution in [1.29, 1.82) is 0 Å². The van der Waals surface area contributed by atoms with Crippen molar-refractivity contribution in [2.24, 2.45) is 0 Å². The van der Waals surface area contributed by atoms with Gasteiger partial charge < -0.3 is 14.4 Å². The predicted molar refractivity (Wildman–Crippen MR) is 104 cm³/mol. The molecule has 0 unspecified atom stereocenters. The van der Waals surface area contributed by atoms with Gasteiger partial charge in [-0.25, -0.2) is 0 Å². The Hall–Kier alpha value is -3.09. The van der Waals surface area contributed by atoms with Crippen molar-refractivity contribution >= 4 is 5.91 Å². The average Bonchev–Trinajstić information content (AvgIpc) is 2.72. The molecule has 0 bridgehead atoms. The van der Waals surface area contributed by atoms with Crippen molar-refractivity contribution in [3.05, 3.63) is 69.8 Å². The third-order valence-electron chi connectivity index (χ3n) is 5.24. The van der Waals surface area contributed by atoms with Gasteiger partial charge in [-0.3, -0.25) is 14.9 Å². The van der Waals surface area contributed by atoms with Crippen LogP contribution in [0.5, 0.6) is 11.5 Å². The summed E-state index contributed by atoms with van der Waals surface area (Å²) in [7, 11) is 3.05. The molecule has 0 aromatic heterocycles. The first-order valence-electron chi connectivity index (χ1n) is 9.20. The lowest BCUT2D eigenvalue weighted by atomic mass is 9.85. The normalized spacial score (nSPS) is 19.4. The van der Waals surface area contributed by atoms with Crippen molar-refractivity contribution in [3.8, 4) is 11.5 Å². The molecule has 7 heteroatoms. The standard InChI is InChI=1S/C21H24N2O5/c1-27-19-9-8-16(12-20(19)28-2)17-13-21(24)22(14-18(17)23(25)26)11-10-15-6-4-3-5-7-15/h3-9,12,17-18H,10-11,13-14H2,1-2H3/t17-,18+/m0/s1. The largest absolute Gasteiger partial charge is 0.493 e. The molecule has 1 amide bonds. The Labute approximate surface area is 164 Å². The van der Waals surface area contributed by atoms with Crippen LogP contribution in [0.15, 0.2) is 48.5 Å². The fraction of sp³-hybridized carbons (Fsp3) is 0.381. The van der Waals surface area contributed by atoms with Gasteiger partial charge in [-0.2, -0.15) is 0 Å². The summed E-state index contributed by atoms with van der Waals surface area (Å²) in [5.41, 5.74) is 1.82. The molecular weight excluding hydrogens is 360 g/mol. The highest BCUT2D eigenvalue weighted by Gasteiger charge is 2.42. The maximum atomic E-state index is 12.7. The predicted octanol–water partition coefficient (Wildman–Crippen LogP) is 2.91. The van der Waals surface area contributed by atoms with Crippen molar-refractivity contribution in [2.45, 2.75) is 24.8 Å². The van der Waals surface area contributed by atoms with Crippen molar-refractivity contribution in [3.63, 3.8) is 0 Å². The molecule has 148 valence electrons. The summed E-state index contributed by atoms with van der Waals surface area (Å²) in [6.45, 7) is 0.587. The summed E-state index contributed by atoms with van der Waals surface area (Å²) in [6, 6.07) is 14.2. The lowest BCUT2D eigenvalue weighted by Gasteiger charge is -2.34. The van der Waals surface area contributed by atoms with Gasteiger partial charge in [0, 0.05) is 17.9 Å². The Morgan fingerprint density at radius 1 is 1.11 bits per heavy atom. The average molecular weight is 384 g/mol. The number of hydrogen-bond donors (Lipinski definition) is 0. The smallest absolute Gasteiger partial charge is 0.237 e. The number of carbonyl (C=O) groups excluding carboxylic acids is 1. The van der Waals surface area contributed by atoms with Crippen LogP contribution in [0.25, 0.3) is 0 Å². The van der Waals surface area contributed by atoms with E-state index in [0.717, 1.165) is 11.1 Å². The Balaban J connectivity index is 1.77. The third-order valence-corrected chi connectivity index (χ3v) is 5.24. The number of amides is 1. The van der Waals surface area contributed by atoms with Crippen LogP contribution in [-0.4, -0.2) is 49.1 Å². The van der Waals surface area contributed by atoms with E-state index >= 15 is 0 Å². The molecule has 0 saturated carbocycles. The molecule has 0 N–H and O–H groups in total. The van der Waals surface area contributed by atoms with Crippen molar-refractivity contribution in [2.75, 3.05) is 27.3 Å². The summed E-state index contributed by atoms with van der Waals surface area (Å²) in [5.74, 6) is 0.501. The van der Waals surface area contributed by atoms with Gasteiger partial charge in [0.05, 0.1) is 26.7 Å². The minimum absolute atomic E-state index is 0.0613. The first-order chi connectivity index (χ1) is 13.5. The number of nitrogens with zero attached hydrogens (tertiary/aromatic N) is 2. The van der Waals surface area contributed by atoms with Crippen LogP contribution < -0.4 is 9.47 Å². The van der Waals surface area contributed by atoms with Crippen LogP contribution in [0.2, 0.25) is 0 Å². The monoisotopic (exact) mass is 384 g/mol. The molecule has 0 spiro atoms. The first kappa shape index (κ1) is 19.7. The highest BCUT2D eigenvalue weighted by Crippen LogP contribution is 2.36. The summed E-state index contributed by atoms with van der Waals surface area (Å²) in [6.07, 6.45) is 0.786. The number of rotatable bonds is 7. The molecule has 0 aliphatic carbocycles. The van der Waals surface area contributed by atoms with E-state index in [-0.39, 0.29) is 23.8 Å². The second kappa shape index (κ2) is 8.73. The molecular formula is C21H24N2O5. The number of likely N-dealkylation sites (tertiary alicyclic amines) is 1. The quantitative estimate of drug-likeness (QED) is 0.542. The van der Waals surface area contributed by atoms with E-state index in [1.165, 1.54) is 14.2 Å². The van der Waals surface area contributed by atoms with Crippen molar-refractivity contribution < 1.29 is 19.2 Å². The van der Waals surface area contributed by atoms with Gasteiger partial charge in [0.1, 0.15) is 0 Å². The summed E-state index contributed by atoms with van der Waals surface area (Å²) in [5, 5.41) is 11.8. The van der Waals surface area contributed by atoms with Gasteiger partial charge in [-0.05, 0) is 29.7 Å². The molecule has 1 aliphatic rings. The van der Waals surface area contributed by atoms with Gasteiger partial charge in [0.15, 0.2) is 11.5 Å². The van der Waals surface area contributed by atoms with Crippen LogP contribution in [-0.2, 0) is 11.2 Å².